The van der Waals surface area contributed by atoms with Crippen LogP contribution in [0.5, 0.6) is 0 Å². The number of carbonyl (C=O) groups excluding carboxylic acids is 2. The van der Waals surface area contributed by atoms with E-state index in [9.17, 15) is 9.59 Å². The molecule has 8 heteroatoms. The number of piperidine rings is 1. The van der Waals surface area contributed by atoms with Gasteiger partial charge in [-0.15, -0.1) is 0 Å². The first-order chi connectivity index (χ1) is 16.8. The van der Waals surface area contributed by atoms with Gasteiger partial charge in [0.15, 0.2) is 0 Å². The molecule has 0 radical (unpaired) electrons. The van der Waals surface area contributed by atoms with Gasteiger partial charge in [-0.2, -0.15) is 0 Å². The third-order valence-corrected chi connectivity index (χ3v) is 7.77. The average molecular weight is 497 g/mol. The van der Waals surface area contributed by atoms with Gasteiger partial charge in [0.2, 0.25) is 5.91 Å². The van der Waals surface area contributed by atoms with Crippen molar-refractivity contribution in [1.29, 1.82) is 0 Å². The van der Waals surface area contributed by atoms with Gasteiger partial charge < -0.3 is 24.8 Å². The summed E-state index contributed by atoms with van der Waals surface area (Å²) in [7, 11) is 3.93. The molecule has 2 aliphatic heterocycles. The van der Waals surface area contributed by atoms with Gasteiger partial charge in [-0.3, -0.25) is 9.59 Å². The van der Waals surface area contributed by atoms with Crippen LogP contribution in [-0.4, -0.2) is 79.1 Å². The van der Waals surface area contributed by atoms with E-state index < -0.39 is 0 Å². The molecule has 2 fully saturated rings. The Bertz CT molecular complexity index is 1180. The maximum Gasteiger partial charge on any atom is 0.270 e. The molecule has 35 heavy (non-hydrogen) atoms. The zero-order valence-electron chi connectivity index (χ0n) is 20.4. The molecule has 2 atom stereocenters. The van der Waals surface area contributed by atoms with E-state index in [0.717, 1.165) is 42.5 Å². The maximum absolute atomic E-state index is 13.4. The number of allylic oxidation sites excluding steroid dienone is 2. The van der Waals surface area contributed by atoms with Gasteiger partial charge in [-0.05, 0) is 50.7 Å². The summed E-state index contributed by atoms with van der Waals surface area (Å²) in [5.41, 5.74) is 1.94. The number of ether oxygens (including phenoxy) is 1. The van der Waals surface area contributed by atoms with Gasteiger partial charge in [0.25, 0.3) is 5.91 Å². The smallest absolute Gasteiger partial charge is 0.270 e. The Balaban J connectivity index is 1.27. The van der Waals surface area contributed by atoms with Crippen molar-refractivity contribution in [3.63, 3.8) is 0 Å². The molecule has 1 spiro atoms. The summed E-state index contributed by atoms with van der Waals surface area (Å²) in [6.07, 6.45) is 10.6. The van der Waals surface area contributed by atoms with Crippen LogP contribution in [0.25, 0.3) is 10.9 Å². The predicted molar refractivity (Wildman–Crippen MR) is 138 cm³/mol. The number of H-pyrrole nitrogens is 1. The van der Waals surface area contributed by atoms with Gasteiger partial charge in [0.1, 0.15) is 5.69 Å². The second-order valence-corrected chi connectivity index (χ2v) is 10.6. The number of benzene rings is 1. The number of halogens is 1. The number of nitrogens with one attached hydrogen (secondary N) is 2. The Morgan fingerprint density at radius 3 is 2.74 bits per heavy atom. The number of nitrogens with zero attached hydrogens (tertiary/aromatic N) is 2. The average Bonchev–Trinajstić information content (AvgIpc) is 3.41. The van der Waals surface area contributed by atoms with Crippen LogP contribution < -0.4 is 5.32 Å². The summed E-state index contributed by atoms with van der Waals surface area (Å²) < 4.78 is 6.31. The van der Waals surface area contributed by atoms with E-state index in [4.69, 9.17) is 16.3 Å². The van der Waals surface area contributed by atoms with Gasteiger partial charge >= 0.3 is 0 Å². The first-order valence-electron chi connectivity index (χ1n) is 12.4. The van der Waals surface area contributed by atoms with E-state index in [-0.39, 0.29) is 23.8 Å². The number of likely N-dealkylation sites (tertiary alicyclic amines) is 1. The Kier molecular flexibility index (Phi) is 6.75. The molecule has 3 aliphatic rings. The Morgan fingerprint density at radius 1 is 1.20 bits per heavy atom. The number of hydrogen-bond donors (Lipinski definition) is 2. The molecule has 5 rings (SSSR count). The van der Waals surface area contributed by atoms with Gasteiger partial charge in [0.05, 0.1) is 18.6 Å². The standard InChI is InChI=1S/C27H33ClN4O3/c1-31(2)12-9-29-24(33)16-20-14-21(28)13-19-15-23(30-25(19)20)26(34)32-10-7-27(8-11-32)22-6-4-3-5-18(22)17-35-27/h3-6,13-15,18,22,30H,7-12,16-17H2,1-2H3,(H,29,33). The first-order valence-corrected chi connectivity index (χ1v) is 12.7. The quantitative estimate of drug-likeness (QED) is 0.642. The highest BCUT2D eigenvalue weighted by molar-refractivity contribution is 6.31. The summed E-state index contributed by atoms with van der Waals surface area (Å²) in [6, 6.07) is 5.47. The lowest BCUT2D eigenvalue weighted by Gasteiger charge is -2.42. The summed E-state index contributed by atoms with van der Waals surface area (Å²) in [5, 5.41) is 4.33. The predicted octanol–water partition coefficient (Wildman–Crippen LogP) is 3.41. The van der Waals surface area contributed by atoms with Crippen LogP contribution in [0.4, 0.5) is 0 Å². The number of aromatic amines is 1. The minimum atomic E-state index is -0.163. The molecule has 0 saturated carbocycles. The number of aromatic nitrogens is 1. The van der Waals surface area contributed by atoms with Crippen LogP contribution in [0.1, 0.15) is 28.9 Å². The van der Waals surface area contributed by atoms with Crippen molar-refractivity contribution in [3.8, 4) is 0 Å². The van der Waals surface area contributed by atoms with E-state index in [2.05, 4.69) is 34.6 Å². The van der Waals surface area contributed by atoms with Gasteiger partial charge in [0, 0.05) is 53.9 Å². The normalized spacial score (nSPS) is 22.8. The fourth-order valence-electron chi connectivity index (χ4n) is 5.66. The number of fused-ring (bicyclic) bond motifs is 3. The van der Waals surface area contributed by atoms with Crippen molar-refractivity contribution in [2.75, 3.05) is 46.9 Å². The molecule has 2 aromatic rings. The van der Waals surface area contributed by atoms with Gasteiger partial charge in [-0.1, -0.05) is 35.9 Å². The highest BCUT2D eigenvalue weighted by Crippen LogP contribution is 2.46. The van der Waals surface area contributed by atoms with Crippen LogP contribution in [0.2, 0.25) is 5.02 Å². The zero-order chi connectivity index (χ0) is 24.6. The fraction of sp³-hybridized carbons (Fsp3) is 0.481. The van der Waals surface area contributed by atoms with Crippen LogP contribution >= 0.6 is 11.6 Å². The second-order valence-electron chi connectivity index (χ2n) is 10.2. The van der Waals surface area contributed by atoms with E-state index in [1.165, 1.54) is 0 Å². The van der Waals surface area contributed by atoms with E-state index >= 15 is 0 Å². The Hall–Kier alpha value is -2.61. The monoisotopic (exact) mass is 496 g/mol. The lowest BCUT2D eigenvalue weighted by molar-refractivity contribution is -0.120. The summed E-state index contributed by atoms with van der Waals surface area (Å²) in [5.74, 6) is 0.744. The molecule has 2 N–H and O–H groups in total. The third kappa shape index (κ3) is 4.90. The molecule has 3 heterocycles. The summed E-state index contributed by atoms with van der Waals surface area (Å²) in [6.45, 7) is 3.44. The van der Waals surface area contributed by atoms with Crippen molar-refractivity contribution >= 4 is 34.3 Å². The molecule has 2 saturated heterocycles. The van der Waals surface area contributed by atoms with Gasteiger partial charge in [-0.25, -0.2) is 0 Å². The lowest BCUT2D eigenvalue weighted by Crippen LogP contribution is -2.49. The van der Waals surface area contributed by atoms with Crippen LogP contribution in [-0.2, 0) is 16.0 Å². The van der Waals surface area contributed by atoms with Crippen molar-refractivity contribution in [3.05, 3.63) is 58.8 Å². The number of hydrogen-bond acceptors (Lipinski definition) is 4. The molecule has 1 aliphatic carbocycles. The number of likely N-dealkylation sites (N-methyl/N-ethyl adjacent to an activating group) is 1. The van der Waals surface area contributed by atoms with Crippen molar-refractivity contribution in [1.82, 2.24) is 20.1 Å². The fourth-order valence-corrected chi connectivity index (χ4v) is 5.91. The topological polar surface area (TPSA) is 77.7 Å². The number of rotatable bonds is 6. The van der Waals surface area contributed by atoms with E-state index in [0.29, 0.717) is 42.2 Å². The maximum atomic E-state index is 13.4. The molecule has 1 aromatic heterocycles. The van der Waals surface area contributed by atoms with Crippen LogP contribution in [0.15, 0.2) is 42.5 Å². The van der Waals surface area contributed by atoms with E-state index in [1.54, 1.807) is 6.07 Å². The second kappa shape index (κ2) is 9.80. The van der Waals surface area contributed by atoms with Crippen LogP contribution in [0, 0.1) is 11.8 Å². The molecule has 2 unspecified atom stereocenters. The molecular weight excluding hydrogens is 464 g/mol. The molecular formula is C27H33ClN4O3. The highest BCUT2D eigenvalue weighted by Gasteiger charge is 2.50. The molecule has 7 nitrogen and oxygen atoms in total. The largest absolute Gasteiger partial charge is 0.374 e. The first kappa shape index (κ1) is 24.1. The molecule has 2 amide bonds. The minimum Gasteiger partial charge on any atom is -0.374 e. The SMILES string of the molecule is CN(C)CCNC(=O)Cc1cc(Cl)cc2cc(C(=O)N3CCC4(CC3)OCC3C=CC=CC34)[nH]c12. The third-order valence-electron chi connectivity index (χ3n) is 7.55. The lowest BCUT2D eigenvalue weighted by atomic mass is 9.74. The number of carbonyl (C=O) groups is 2. The molecule has 1 aromatic carbocycles. The van der Waals surface area contributed by atoms with E-state index in [1.807, 2.05) is 36.0 Å². The number of amides is 2. The molecule has 186 valence electrons. The van der Waals surface area contributed by atoms with Crippen LogP contribution in [0.3, 0.4) is 0 Å². The summed E-state index contributed by atoms with van der Waals surface area (Å²) >= 11 is 6.34. The molecule has 0 bridgehead atoms. The van der Waals surface area contributed by atoms with Crippen molar-refractivity contribution < 1.29 is 14.3 Å². The zero-order valence-corrected chi connectivity index (χ0v) is 21.1. The van der Waals surface area contributed by atoms with Crippen molar-refractivity contribution in [2.24, 2.45) is 11.8 Å². The minimum absolute atomic E-state index is 0.0258. The van der Waals surface area contributed by atoms with Crippen molar-refractivity contribution in [2.45, 2.75) is 24.9 Å². The highest BCUT2D eigenvalue weighted by atomic mass is 35.5. The Morgan fingerprint density at radius 2 is 1.97 bits per heavy atom. The Labute approximate surface area is 211 Å². The summed E-state index contributed by atoms with van der Waals surface area (Å²) in [4.78, 5) is 33.1.